The van der Waals surface area contributed by atoms with Crippen molar-refractivity contribution in [1.82, 2.24) is 15.1 Å². The summed E-state index contributed by atoms with van der Waals surface area (Å²) in [5.41, 5.74) is 1.72. The van der Waals surface area contributed by atoms with Crippen LogP contribution in [0.5, 0.6) is 0 Å². The Labute approximate surface area is 145 Å². The van der Waals surface area contributed by atoms with Gasteiger partial charge in [-0.25, -0.2) is 0 Å². The average Bonchev–Trinajstić information content (AvgIpc) is 3.38. The van der Waals surface area contributed by atoms with Crippen molar-refractivity contribution in [2.24, 2.45) is 11.8 Å². The van der Waals surface area contributed by atoms with Crippen molar-refractivity contribution in [2.75, 3.05) is 19.6 Å². The highest BCUT2D eigenvalue weighted by Crippen LogP contribution is 2.45. The van der Waals surface area contributed by atoms with Crippen molar-refractivity contribution < 1.29 is 0 Å². The van der Waals surface area contributed by atoms with E-state index in [9.17, 15) is 0 Å². The summed E-state index contributed by atoms with van der Waals surface area (Å²) in [6.07, 6.45) is 13.6. The zero-order valence-electron chi connectivity index (χ0n) is 14.0. The van der Waals surface area contributed by atoms with Crippen LogP contribution in [0.1, 0.15) is 51.4 Å². The topological polar surface area (TPSA) is 18.5 Å². The fraction of sp³-hybridized carbons (Fsp3) is 0.842. The van der Waals surface area contributed by atoms with E-state index in [1.807, 2.05) is 0 Å². The van der Waals surface area contributed by atoms with Gasteiger partial charge in [0.15, 0.2) is 5.11 Å². The van der Waals surface area contributed by atoms with Crippen molar-refractivity contribution in [1.29, 1.82) is 0 Å². The lowest BCUT2D eigenvalue weighted by molar-refractivity contribution is 0.0127. The molecule has 1 N–H and O–H groups in total. The van der Waals surface area contributed by atoms with Crippen LogP contribution < -0.4 is 5.32 Å². The SMILES string of the molecule is S=C(NC1CC1)N1CCCC2=C[C@@H]3C[C@@H](CN4CCCC[C@H]34)[C@@H]21. The largest absolute Gasteiger partial charge is 0.360 e. The second-order valence-corrected chi connectivity index (χ2v) is 8.81. The van der Waals surface area contributed by atoms with Gasteiger partial charge < -0.3 is 10.2 Å². The van der Waals surface area contributed by atoms with E-state index in [1.165, 1.54) is 64.5 Å². The Morgan fingerprint density at radius 2 is 2.04 bits per heavy atom. The average molecular weight is 332 g/mol. The zero-order chi connectivity index (χ0) is 15.4. The molecule has 1 saturated carbocycles. The number of piperidine rings is 3. The first kappa shape index (κ1) is 14.7. The molecule has 4 heteroatoms. The zero-order valence-corrected chi connectivity index (χ0v) is 14.9. The molecule has 4 atom stereocenters. The van der Waals surface area contributed by atoms with Gasteiger partial charge in [-0.2, -0.15) is 0 Å². The fourth-order valence-corrected chi connectivity index (χ4v) is 6.06. The fourth-order valence-electron chi connectivity index (χ4n) is 5.69. The second kappa shape index (κ2) is 5.73. The molecule has 0 radical (unpaired) electrons. The van der Waals surface area contributed by atoms with E-state index in [-0.39, 0.29) is 0 Å². The normalized spacial score (nSPS) is 40.0. The summed E-state index contributed by atoms with van der Waals surface area (Å²) in [4.78, 5) is 5.38. The molecule has 5 rings (SSSR count). The lowest BCUT2D eigenvalue weighted by Crippen LogP contribution is -2.61. The third-order valence-corrected chi connectivity index (χ3v) is 7.18. The summed E-state index contributed by atoms with van der Waals surface area (Å²) in [5.74, 6) is 1.62. The van der Waals surface area contributed by atoms with Gasteiger partial charge in [-0.15, -0.1) is 0 Å². The summed E-state index contributed by atoms with van der Waals surface area (Å²) < 4.78 is 0. The van der Waals surface area contributed by atoms with Gasteiger partial charge in [0.2, 0.25) is 0 Å². The first-order valence-electron chi connectivity index (χ1n) is 9.81. The minimum Gasteiger partial charge on any atom is -0.360 e. The van der Waals surface area contributed by atoms with E-state index in [0.29, 0.717) is 12.1 Å². The van der Waals surface area contributed by atoms with Crippen LogP contribution in [0.25, 0.3) is 0 Å². The Morgan fingerprint density at radius 3 is 2.91 bits per heavy atom. The third kappa shape index (κ3) is 2.62. The van der Waals surface area contributed by atoms with Crippen LogP contribution in [0.3, 0.4) is 0 Å². The lowest BCUT2D eigenvalue weighted by atomic mass is 9.68. The molecule has 3 saturated heterocycles. The minimum atomic E-state index is 0.599. The molecule has 23 heavy (non-hydrogen) atoms. The third-order valence-electron chi connectivity index (χ3n) is 6.82. The standard InChI is InChI=1S/C19H29N3S/c23-19(20-16-6-7-16)22-9-3-4-13-10-14-11-15(18(13)22)12-21-8-2-1-5-17(14)21/h10,14-18H,1-9,11-12H2,(H,20,23)/t14-,15+,17-,18-/m1/s1. The van der Waals surface area contributed by atoms with Crippen LogP contribution in [0.15, 0.2) is 11.6 Å². The molecule has 0 aromatic carbocycles. The maximum absolute atomic E-state index is 5.80. The number of rotatable bonds is 1. The first-order chi connectivity index (χ1) is 11.3. The summed E-state index contributed by atoms with van der Waals surface area (Å²) in [5, 5.41) is 4.65. The number of fused-ring (bicyclic) bond motifs is 6. The highest BCUT2D eigenvalue weighted by atomic mass is 32.1. The van der Waals surface area contributed by atoms with Gasteiger partial charge in [0, 0.05) is 25.2 Å². The lowest BCUT2D eigenvalue weighted by Gasteiger charge is -2.55. The van der Waals surface area contributed by atoms with Crippen LogP contribution in [0.4, 0.5) is 0 Å². The summed E-state index contributed by atoms with van der Waals surface area (Å²) in [6, 6.07) is 2.12. The Bertz CT molecular complexity index is 527. The van der Waals surface area contributed by atoms with Crippen LogP contribution in [0.2, 0.25) is 0 Å². The van der Waals surface area contributed by atoms with Crippen molar-refractivity contribution in [3.05, 3.63) is 11.6 Å². The van der Waals surface area contributed by atoms with Crippen molar-refractivity contribution in [3.8, 4) is 0 Å². The molecular weight excluding hydrogens is 302 g/mol. The molecule has 2 aliphatic carbocycles. The molecule has 5 aliphatic rings. The molecule has 3 nitrogen and oxygen atoms in total. The van der Waals surface area contributed by atoms with Crippen molar-refractivity contribution in [3.63, 3.8) is 0 Å². The van der Waals surface area contributed by atoms with E-state index in [1.54, 1.807) is 5.57 Å². The van der Waals surface area contributed by atoms with Crippen LogP contribution >= 0.6 is 12.2 Å². The molecule has 2 bridgehead atoms. The summed E-state index contributed by atoms with van der Waals surface area (Å²) >= 11 is 5.80. The van der Waals surface area contributed by atoms with Crippen LogP contribution in [0, 0.1) is 11.8 Å². The van der Waals surface area contributed by atoms with Crippen LogP contribution in [-0.4, -0.2) is 52.7 Å². The van der Waals surface area contributed by atoms with Gasteiger partial charge in [-0.1, -0.05) is 18.1 Å². The smallest absolute Gasteiger partial charge is 0.169 e. The van der Waals surface area contributed by atoms with E-state index >= 15 is 0 Å². The molecule has 0 unspecified atom stereocenters. The molecule has 4 fully saturated rings. The number of likely N-dealkylation sites (tertiary alicyclic amines) is 1. The van der Waals surface area contributed by atoms with E-state index in [2.05, 4.69) is 21.2 Å². The summed E-state index contributed by atoms with van der Waals surface area (Å²) in [7, 11) is 0. The molecule has 0 amide bonds. The Kier molecular flexibility index (Phi) is 3.67. The highest BCUT2D eigenvalue weighted by Gasteiger charge is 2.46. The van der Waals surface area contributed by atoms with Crippen molar-refractivity contribution >= 4 is 17.3 Å². The number of thiocarbonyl (C=S) groups is 1. The Hall–Kier alpha value is -0.610. The van der Waals surface area contributed by atoms with E-state index < -0.39 is 0 Å². The van der Waals surface area contributed by atoms with E-state index in [0.717, 1.165) is 29.5 Å². The number of nitrogens with zero attached hydrogens (tertiary/aromatic N) is 2. The maximum atomic E-state index is 5.80. The molecule has 0 aromatic rings. The van der Waals surface area contributed by atoms with Gasteiger partial charge >= 0.3 is 0 Å². The quantitative estimate of drug-likeness (QED) is 0.588. The molecular formula is C19H29N3S. The van der Waals surface area contributed by atoms with Gasteiger partial charge in [-0.05, 0) is 75.5 Å². The maximum Gasteiger partial charge on any atom is 0.169 e. The number of hydrogen-bond acceptors (Lipinski definition) is 2. The molecule has 0 aromatic heterocycles. The molecule has 126 valence electrons. The summed E-state index contributed by atoms with van der Waals surface area (Å²) in [6.45, 7) is 3.80. The highest BCUT2D eigenvalue weighted by molar-refractivity contribution is 7.80. The Balaban J connectivity index is 1.41. The molecule has 0 spiro atoms. The second-order valence-electron chi connectivity index (χ2n) is 8.42. The monoisotopic (exact) mass is 331 g/mol. The molecule has 3 heterocycles. The molecule has 3 aliphatic heterocycles. The minimum absolute atomic E-state index is 0.599. The van der Waals surface area contributed by atoms with Gasteiger partial charge in [-0.3, -0.25) is 4.90 Å². The van der Waals surface area contributed by atoms with Crippen LogP contribution in [-0.2, 0) is 0 Å². The number of nitrogens with one attached hydrogen (secondary N) is 1. The predicted octanol–water partition coefficient (Wildman–Crippen LogP) is 2.92. The van der Waals surface area contributed by atoms with Gasteiger partial charge in [0.25, 0.3) is 0 Å². The van der Waals surface area contributed by atoms with E-state index in [4.69, 9.17) is 12.2 Å². The number of hydrogen-bond donors (Lipinski definition) is 1. The van der Waals surface area contributed by atoms with Crippen molar-refractivity contribution in [2.45, 2.75) is 69.5 Å². The Morgan fingerprint density at radius 1 is 1.13 bits per heavy atom. The van der Waals surface area contributed by atoms with Gasteiger partial charge in [0.05, 0.1) is 6.04 Å². The van der Waals surface area contributed by atoms with Gasteiger partial charge in [0.1, 0.15) is 0 Å². The first-order valence-corrected chi connectivity index (χ1v) is 10.2. The predicted molar refractivity (Wildman–Crippen MR) is 97.4 cm³/mol.